The summed E-state index contributed by atoms with van der Waals surface area (Å²) >= 11 is 0. The minimum atomic E-state index is -0.425. The SMILES string of the molecule is COc1c(C(=C\C=O)/C(=C/c2cc(F)ccc2C)C(C)=O)ccc(O)c1CN1CCOCC1. The third-order valence-electron chi connectivity index (χ3n) is 5.66. The number of hydrogen-bond donors (Lipinski definition) is 1. The first-order chi connectivity index (χ1) is 15.8. The van der Waals surface area contributed by atoms with Crippen LogP contribution < -0.4 is 4.74 Å². The smallest absolute Gasteiger partial charge is 0.160 e. The van der Waals surface area contributed by atoms with Crippen LogP contribution in [0.1, 0.15) is 29.2 Å². The van der Waals surface area contributed by atoms with Crippen LogP contribution in [0, 0.1) is 12.7 Å². The number of aryl methyl sites for hydroxylation is 1. The highest BCUT2D eigenvalue weighted by Crippen LogP contribution is 2.39. The van der Waals surface area contributed by atoms with E-state index in [4.69, 9.17) is 9.47 Å². The molecule has 2 aromatic carbocycles. The van der Waals surface area contributed by atoms with Crippen LogP contribution >= 0.6 is 0 Å². The summed E-state index contributed by atoms with van der Waals surface area (Å²) in [4.78, 5) is 26.4. The highest BCUT2D eigenvalue weighted by molar-refractivity contribution is 6.15. The molecule has 6 nitrogen and oxygen atoms in total. The Balaban J connectivity index is 2.15. The van der Waals surface area contributed by atoms with Gasteiger partial charge in [-0.25, -0.2) is 4.39 Å². The molecule has 0 saturated carbocycles. The van der Waals surface area contributed by atoms with Crippen molar-refractivity contribution >= 4 is 23.7 Å². The van der Waals surface area contributed by atoms with Crippen LogP contribution in [0.3, 0.4) is 0 Å². The van der Waals surface area contributed by atoms with Crippen molar-refractivity contribution in [2.45, 2.75) is 20.4 Å². The number of allylic oxidation sites excluding steroid dienone is 3. The Kier molecular flexibility index (Phi) is 8.14. The maximum atomic E-state index is 13.9. The number of benzene rings is 2. The number of ether oxygens (including phenoxy) is 2. The first-order valence-corrected chi connectivity index (χ1v) is 10.7. The molecule has 174 valence electrons. The summed E-state index contributed by atoms with van der Waals surface area (Å²) < 4.78 is 24.9. The Labute approximate surface area is 192 Å². The second kappa shape index (κ2) is 11.0. The number of halogens is 1. The molecule has 1 fully saturated rings. The zero-order valence-electron chi connectivity index (χ0n) is 19.1. The van der Waals surface area contributed by atoms with E-state index in [2.05, 4.69) is 4.90 Å². The van der Waals surface area contributed by atoms with Crippen LogP contribution in [0.5, 0.6) is 11.5 Å². The number of Topliss-reactive ketones (excluding diaryl/α,β-unsaturated/α-hetero) is 1. The van der Waals surface area contributed by atoms with Crippen molar-refractivity contribution in [2.24, 2.45) is 0 Å². The second-order valence-corrected chi connectivity index (χ2v) is 7.86. The normalized spacial score (nSPS) is 15.4. The number of phenols is 1. The predicted octanol–water partition coefficient (Wildman–Crippen LogP) is 3.94. The number of hydrogen-bond acceptors (Lipinski definition) is 6. The fourth-order valence-electron chi connectivity index (χ4n) is 3.88. The molecule has 0 bridgehead atoms. The fourth-order valence-corrected chi connectivity index (χ4v) is 3.88. The summed E-state index contributed by atoms with van der Waals surface area (Å²) in [6, 6.07) is 7.46. The Morgan fingerprint density at radius 1 is 1.24 bits per heavy atom. The average molecular weight is 454 g/mol. The first-order valence-electron chi connectivity index (χ1n) is 10.7. The third kappa shape index (κ3) is 5.74. The number of ketones is 1. The van der Waals surface area contributed by atoms with Gasteiger partial charge in [-0.15, -0.1) is 0 Å². The molecule has 0 unspecified atom stereocenters. The van der Waals surface area contributed by atoms with Crippen LogP contribution in [0.2, 0.25) is 0 Å². The van der Waals surface area contributed by atoms with Gasteiger partial charge in [-0.2, -0.15) is 0 Å². The highest BCUT2D eigenvalue weighted by atomic mass is 19.1. The van der Waals surface area contributed by atoms with Crippen molar-refractivity contribution in [2.75, 3.05) is 33.4 Å². The average Bonchev–Trinajstić information content (AvgIpc) is 2.80. The van der Waals surface area contributed by atoms with Gasteiger partial charge in [0.2, 0.25) is 0 Å². The molecule has 0 aliphatic carbocycles. The predicted molar refractivity (Wildman–Crippen MR) is 125 cm³/mol. The van der Waals surface area contributed by atoms with E-state index >= 15 is 0 Å². The van der Waals surface area contributed by atoms with Gasteiger partial charge in [-0.1, -0.05) is 6.07 Å². The van der Waals surface area contributed by atoms with Crippen LogP contribution in [0.25, 0.3) is 11.6 Å². The van der Waals surface area contributed by atoms with Crippen LogP contribution in [0.4, 0.5) is 4.39 Å². The highest BCUT2D eigenvalue weighted by Gasteiger charge is 2.23. The number of nitrogens with zero attached hydrogens (tertiary/aromatic N) is 1. The second-order valence-electron chi connectivity index (χ2n) is 7.86. The molecule has 0 amide bonds. The molecule has 33 heavy (non-hydrogen) atoms. The molecule has 1 saturated heterocycles. The molecule has 1 aliphatic rings. The lowest BCUT2D eigenvalue weighted by Gasteiger charge is -2.28. The minimum absolute atomic E-state index is 0.0573. The van der Waals surface area contributed by atoms with Crippen LogP contribution in [-0.4, -0.2) is 55.5 Å². The lowest BCUT2D eigenvalue weighted by atomic mass is 9.90. The van der Waals surface area contributed by atoms with Crippen LogP contribution in [0.15, 0.2) is 42.0 Å². The minimum Gasteiger partial charge on any atom is -0.507 e. The molecule has 1 heterocycles. The van der Waals surface area contributed by atoms with Crippen molar-refractivity contribution in [1.82, 2.24) is 4.90 Å². The van der Waals surface area contributed by atoms with Crippen molar-refractivity contribution in [3.63, 3.8) is 0 Å². The van der Waals surface area contributed by atoms with Gasteiger partial charge in [0, 0.05) is 30.8 Å². The monoisotopic (exact) mass is 453 g/mol. The number of aldehydes is 1. The molecule has 1 aliphatic heterocycles. The molecular weight excluding hydrogens is 425 g/mol. The number of methoxy groups -OCH3 is 1. The van der Waals surface area contributed by atoms with Gasteiger partial charge in [0.1, 0.15) is 23.6 Å². The zero-order valence-corrected chi connectivity index (χ0v) is 19.1. The standard InChI is InChI=1S/C26H28FNO5/c1-17-4-5-20(27)14-19(17)15-23(18(2)30)21(8-11-29)22-6-7-25(31)24(26(22)32-3)16-28-9-12-33-13-10-28/h4-8,11,14-15,31H,9-10,12-13,16H2,1-3H3/b21-8+,23-15+. The molecule has 3 rings (SSSR count). The molecule has 2 aromatic rings. The van der Waals surface area contributed by atoms with Gasteiger partial charge in [-0.3, -0.25) is 14.5 Å². The molecular formula is C26H28FNO5. The van der Waals surface area contributed by atoms with Crippen molar-refractivity contribution < 1.29 is 28.6 Å². The largest absolute Gasteiger partial charge is 0.507 e. The van der Waals surface area contributed by atoms with Crippen molar-refractivity contribution in [1.29, 1.82) is 0 Å². The number of rotatable bonds is 8. The Morgan fingerprint density at radius 2 is 1.97 bits per heavy atom. The molecule has 0 spiro atoms. The van der Waals surface area contributed by atoms with E-state index in [1.54, 1.807) is 18.2 Å². The van der Waals surface area contributed by atoms with E-state index in [-0.39, 0.29) is 17.1 Å². The molecule has 7 heteroatoms. The number of aromatic hydroxyl groups is 1. The molecule has 0 atom stereocenters. The van der Waals surface area contributed by atoms with Crippen molar-refractivity contribution in [3.8, 4) is 11.5 Å². The fraction of sp³-hybridized carbons (Fsp3) is 0.308. The third-order valence-corrected chi connectivity index (χ3v) is 5.66. The zero-order chi connectivity index (χ0) is 24.0. The first kappa shape index (κ1) is 24.4. The van der Waals surface area contributed by atoms with Gasteiger partial charge in [0.15, 0.2) is 5.78 Å². The number of carbonyl (C=O) groups excluding carboxylic acids is 2. The summed E-state index contributed by atoms with van der Waals surface area (Å²) in [5.41, 5.74) is 2.92. The van der Waals surface area contributed by atoms with Gasteiger partial charge in [-0.05, 0) is 67.0 Å². The molecule has 0 aromatic heterocycles. The van der Waals surface area contributed by atoms with E-state index in [1.807, 2.05) is 6.92 Å². The van der Waals surface area contributed by atoms with Crippen LogP contribution in [-0.2, 0) is 20.9 Å². The summed E-state index contributed by atoms with van der Waals surface area (Å²) in [5, 5.41) is 10.6. The lowest BCUT2D eigenvalue weighted by Crippen LogP contribution is -2.35. The summed E-state index contributed by atoms with van der Waals surface area (Å²) in [6.45, 7) is 6.24. The van der Waals surface area contributed by atoms with Gasteiger partial charge in [0.05, 0.1) is 25.9 Å². The maximum Gasteiger partial charge on any atom is 0.160 e. The van der Waals surface area contributed by atoms with E-state index in [0.29, 0.717) is 67.1 Å². The summed E-state index contributed by atoms with van der Waals surface area (Å²) in [7, 11) is 1.48. The van der Waals surface area contributed by atoms with E-state index in [0.717, 1.165) is 5.56 Å². The lowest BCUT2D eigenvalue weighted by molar-refractivity contribution is -0.113. The number of carbonyl (C=O) groups is 2. The number of phenolic OH excluding ortho intramolecular Hbond substituents is 1. The Morgan fingerprint density at radius 3 is 2.61 bits per heavy atom. The maximum absolute atomic E-state index is 13.9. The van der Waals surface area contributed by atoms with Gasteiger partial charge in [0.25, 0.3) is 0 Å². The summed E-state index contributed by atoms with van der Waals surface area (Å²) in [5.74, 6) is -0.290. The van der Waals surface area contributed by atoms with Gasteiger partial charge >= 0.3 is 0 Å². The van der Waals surface area contributed by atoms with Gasteiger partial charge < -0.3 is 14.6 Å². The van der Waals surface area contributed by atoms with E-state index in [1.165, 1.54) is 38.3 Å². The molecule has 0 radical (unpaired) electrons. The molecule has 1 N–H and O–H groups in total. The number of morpholine rings is 1. The van der Waals surface area contributed by atoms with E-state index in [9.17, 15) is 19.1 Å². The topological polar surface area (TPSA) is 76.1 Å². The Bertz CT molecular complexity index is 1100. The van der Waals surface area contributed by atoms with E-state index < -0.39 is 5.82 Å². The quantitative estimate of drug-likeness (QED) is 0.371. The Hall–Kier alpha value is -3.29. The summed E-state index contributed by atoms with van der Waals surface area (Å²) in [6.07, 6.45) is 3.46. The van der Waals surface area contributed by atoms with Crippen molar-refractivity contribution in [3.05, 3.63) is 70.1 Å².